The van der Waals surface area contributed by atoms with Gasteiger partial charge in [-0.15, -0.1) is 0 Å². The zero-order valence-electron chi connectivity index (χ0n) is 8.51. The minimum Gasteiger partial charge on any atom is -0.302 e. The Hall–Kier alpha value is -1.48. The molecule has 0 saturated heterocycles. The molecule has 0 N–H and O–H groups in total. The molecule has 1 atom stereocenters. The molecule has 0 saturated carbocycles. The number of pyridine rings is 1. The second-order valence-corrected chi connectivity index (χ2v) is 4.36. The lowest BCUT2D eigenvalue weighted by molar-refractivity contribution is -0.108. The SMILES string of the molecule is O=CC(c1ccncc1)c1ccc(Br)cc1. The molecule has 2 rings (SSSR count). The second kappa shape index (κ2) is 5.03. The lowest BCUT2D eigenvalue weighted by Gasteiger charge is -2.10. The molecule has 0 radical (unpaired) electrons. The molecule has 1 aromatic carbocycles. The monoisotopic (exact) mass is 275 g/mol. The third-order valence-electron chi connectivity index (χ3n) is 2.43. The van der Waals surface area contributed by atoms with Crippen LogP contribution in [-0.4, -0.2) is 11.3 Å². The highest BCUT2D eigenvalue weighted by Crippen LogP contribution is 2.23. The maximum atomic E-state index is 11.2. The molecule has 0 bridgehead atoms. The van der Waals surface area contributed by atoms with Crippen LogP contribution in [0.3, 0.4) is 0 Å². The fourth-order valence-corrected chi connectivity index (χ4v) is 1.85. The maximum absolute atomic E-state index is 11.2. The number of rotatable bonds is 3. The van der Waals surface area contributed by atoms with Crippen LogP contribution in [0.4, 0.5) is 0 Å². The summed E-state index contributed by atoms with van der Waals surface area (Å²) in [6.45, 7) is 0. The van der Waals surface area contributed by atoms with Gasteiger partial charge in [0.05, 0.1) is 5.92 Å². The highest BCUT2D eigenvalue weighted by Gasteiger charge is 2.12. The van der Waals surface area contributed by atoms with Crippen molar-refractivity contribution in [1.82, 2.24) is 4.98 Å². The predicted octanol–water partition coefficient (Wildman–Crippen LogP) is 3.17. The topological polar surface area (TPSA) is 30.0 Å². The Labute approximate surface area is 102 Å². The summed E-state index contributed by atoms with van der Waals surface area (Å²) in [7, 11) is 0. The molecule has 2 nitrogen and oxygen atoms in total. The van der Waals surface area contributed by atoms with Crippen LogP contribution in [0, 0.1) is 0 Å². The van der Waals surface area contributed by atoms with Crippen molar-refractivity contribution in [3.8, 4) is 0 Å². The standard InChI is InChI=1S/C13H10BrNO/c14-12-3-1-10(2-4-12)13(9-16)11-5-7-15-8-6-11/h1-9,13H. The third kappa shape index (κ3) is 2.36. The Morgan fingerprint density at radius 1 is 1.00 bits per heavy atom. The number of carbonyl (C=O) groups excluding carboxylic acids is 1. The van der Waals surface area contributed by atoms with E-state index in [1.165, 1.54) is 0 Å². The van der Waals surface area contributed by atoms with Crippen LogP contribution in [0.2, 0.25) is 0 Å². The molecule has 2 aromatic rings. The van der Waals surface area contributed by atoms with Crippen LogP contribution in [0.25, 0.3) is 0 Å². The number of halogens is 1. The van der Waals surface area contributed by atoms with Crippen molar-refractivity contribution in [2.75, 3.05) is 0 Å². The largest absolute Gasteiger partial charge is 0.302 e. The number of hydrogen-bond acceptors (Lipinski definition) is 2. The van der Waals surface area contributed by atoms with Gasteiger partial charge >= 0.3 is 0 Å². The van der Waals surface area contributed by atoms with Gasteiger partial charge < -0.3 is 4.79 Å². The van der Waals surface area contributed by atoms with Crippen molar-refractivity contribution in [2.45, 2.75) is 5.92 Å². The average molecular weight is 276 g/mol. The maximum Gasteiger partial charge on any atom is 0.131 e. The van der Waals surface area contributed by atoms with E-state index in [0.717, 1.165) is 21.9 Å². The molecule has 0 fully saturated rings. The van der Waals surface area contributed by atoms with E-state index >= 15 is 0 Å². The highest BCUT2D eigenvalue weighted by atomic mass is 79.9. The highest BCUT2D eigenvalue weighted by molar-refractivity contribution is 9.10. The molecule has 0 aliphatic carbocycles. The van der Waals surface area contributed by atoms with Crippen LogP contribution in [0.5, 0.6) is 0 Å². The molecule has 0 aliphatic heterocycles. The predicted molar refractivity (Wildman–Crippen MR) is 66.3 cm³/mol. The van der Waals surface area contributed by atoms with Crippen molar-refractivity contribution in [3.05, 3.63) is 64.4 Å². The van der Waals surface area contributed by atoms with Gasteiger partial charge in [-0.25, -0.2) is 0 Å². The van der Waals surface area contributed by atoms with Crippen molar-refractivity contribution in [2.24, 2.45) is 0 Å². The Morgan fingerprint density at radius 3 is 2.12 bits per heavy atom. The lowest BCUT2D eigenvalue weighted by Crippen LogP contribution is -2.02. The summed E-state index contributed by atoms with van der Waals surface area (Å²) >= 11 is 3.37. The Balaban J connectivity index is 2.37. The van der Waals surface area contributed by atoms with E-state index < -0.39 is 0 Å². The molecular weight excluding hydrogens is 266 g/mol. The first-order valence-electron chi connectivity index (χ1n) is 4.92. The summed E-state index contributed by atoms with van der Waals surface area (Å²) < 4.78 is 1.01. The zero-order valence-corrected chi connectivity index (χ0v) is 10.1. The van der Waals surface area contributed by atoms with E-state index in [1.807, 2.05) is 36.4 Å². The van der Waals surface area contributed by atoms with Gasteiger partial charge in [-0.05, 0) is 35.4 Å². The van der Waals surface area contributed by atoms with Gasteiger partial charge in [0.1, 0.15) is 6.29 Å². The lowest BCUT2D eigenvalue weighted by atomic mass is 9.94. The quantitative estimate of drug-likeness (QED) is 0.806. The molecule has 1 unspecified atom stereocenters. The van der Waals surface area contributed by atoms with Crippen molar-refractivity contribution >= 4 is 22.2 Å². The summed E-state index contributed by atoms with van der Waals surface area (Å²) in [6, 6.07) is 11.5. The van der Waals surface area contributed by atoms with E-state index in [1.54, 1.807) is 12.4 Å². The number of benzene rings is 1. The van der Waals surface area contributed by atoms with Gasteiger partial charge in [0.25, 0.3) is 0 Å². The Bertz CT molecular complexity index is 467. The summed E-state index contributed by atoms with van der Waals surface area (Å²) in [4.78, 5) is 15.1. The van der Waals surface area contributed by atoms with Gasteiger partial charge in [-0.3, -0.25) is 4.98 Å². The van der Waals surface area contributed by atoms with E-state index in [9.17, 15) is 4.79 Å². The van der Waals surface area contributed by atoms with Crippen molar-refractivity contribution in [3.63, 3.8) is 0 Å². The second-order valence-electron chi connectivity index (χ2n) is 3.45. The third-order valence-corrected chi connectivity index (χ3v) is 2.96. The Kier molecular flexibility index (Phi) is 3.47. The first kappa shape index (κ1) is 11.0. The van der Waals surface area contributed by atoms with Gasteiger partial charge in [0.15, 0.2) is 0 Å². The molecule has 16 heavy (non-hydrogen) atoms. The van der Waals surface area contributed by atoms with E-state index in [-0.39, 0.29) is 5.92 Å². The molecule has 0 amide bonds. The van der Waals surface area contributed by atoms with Gasteiger partial charge in [0, 0.05) is 16.9 Å². The first-order chi connectivity index (χ1) is 7.81. The average Bonchev–Trinajstić information content (AvgIpc) is 2.34. The first-order valence-corrected chi connectivity index (χ1v) is 5.71. The smallest absolute Gasteiger partial charge is 0.131 e. The molecule has 0 spiro atoms. The van der Waals surface area contributed by atoms with Gasteiger partial charge in [0.2, 0.25) is 0 Å². The normalized spacial score (nSPS) is 12.1. The summed E-state index contributed by atoms with van der Waals surface area (Å²) in [5, 5.41) is 0. The summed E-state index contributed by atoms with van der Waals surface area (Å²) in [6.07, 6.45) is 4.36. The number of hydrogen-bond donors (Lipinski definition) is 0. The summed E-state index contributed by atoms with van der Waals surface area (Å²) in [5.74, 6) is -0.212. The molecule has 3 heteroatoms. The molecular formula is C13H10BrNO. The molecule has 80 valence electrons. The van der Waals surface area contributed by atoms with Crippen LogP contribution >= 0.6 is 15.9 Å². The Morgan fingerprint density at radius 2 is 1.56 bits per heavy atom. The van der Waals surface area contributed by atoms with E-state index in [0.29, 0.717) is 0 Å². The molecule has 1 aromatic heterocycles. The van der Waals surface area contributed by atoms with Crippen molar-refractivity contribution in [1.29, 1.82) is 0 Å². The fraction of sp³-hybridized carbons (Fsp3) is 0.0769. The van der Waals surface area contributed by atoms with Crippen LogP contribution in [0.15, 0.2) is 53.3 Å². The number of aldehydes is 1. The van der Waals surface area contributed by atoms with Crippen LogP contribution in [-0.2, 0) is 4.79 Å². The van der Waals surface area contributed by atoms with E-state index in [2.05, 4.69) is 20.9 Å². The van der Waals surface area contributed by atoms with Crippen LogP contribution in [0.1, 0.15) is 17.0 Å². The van der Waals surface area contributed by atoms with Crippen molar-refractivity contribution < 1.29 is 4.79 Å². The van der Waals surface area contributed by atoms with Gasteiger partial charge in [-0.2, -0.15) is 0 Å². The number of nitrogens with zero attached hydrogens (tertiary/aromatic N) is 1. The minimum atomic E-state index is -0.212. The minimum absolute atomic E-state index is 0.212. The van der Waals surface area contributed by atoms with Crippen LogP contribution < -0.4 is 0 Å². The number of aromatic nitrogens is 1. The fourth-order valence-electron chi connectivity index (χ4n) is 1.59. The van der Waals surface area contributed by atoms with E-state index in [4.69, 9.17) is 0 Å². The molecule has 1 heterocycles. The van der Waals surface area contributed by atoms with Gasteiger partial charge in [-0.1, -0.05) is 28.1 Å². The molecule has 0 aliphatic rings. The zero-order chi connectivity index (χ0) is 11.4. The summed E-state index contributed by atoms with van der Waals surface area (Å²) in [5.41, 5.74) is 1.96. The number of carbonyl (C=O) groups is 1.